The van der Waals surface area contributed by atoms with Crippen molar-refractivity contribution in [2.24, 2.45) is 15.9 Å². The van der Waals surface area contributed by atoms with Gasteiger partial charge in [-0.15, -0.1) is 6.92 Å². The largest absolute Gasteiger partial charge is 0.548 e. The summed E-state index contributed by atoms with van der Waals surface area (Å²) in [5.74, 6) is 0.599. The van der Waals surface area contributed by atoms with E-state index in [1.54, 1.807) is 6.92 Å². The minimum absolute atomic E-state index is 0. The summed E-state index contributed by atoms with van der Waals surface area (Å²) in [5.41, 5.74) is 0.721. The molecule has 0 aliphatic rings. The van der Waals surface area contributed by atoms with Crippen LogP contribution >= 0.6 is 0 Å². The first-order valence-corrected chi connectivity index (χ1v) is 14.4. The Kier molecular flexibility index (Phi) is 30.1. The van der Waals surface area contributed by atoms with Crippen LogP contribution in [0, 0.1) is 5.92 Å². The number of rotatable bonds is 23. The average molecular weight is 513 g/mol. The molecular weight excluding hydrogens is 455 g/mol. The van der Waals surface area contributed by atoms with Crippen molar-refractivity contribution in [1.82, 2.24) is 0 Å². The van der Waals surface area contributed by atoms with Crippen molar-refractivity contribution in [2.45, 2.75) is 156 Å². The molecule has 0 bridgehead atoms. The molecule has 1 unspecified atom stereocenters. The molecule has 0 aromatic carbocycles. The number of hydrogen-bond donors (Lipinski definition) is 0. The first-order valence-electron chi connectivity index (χ1n) is 14.4. The molecule has 0 aliphatic carbocycles. The number of aliphatic imine (C=N–C) groups is 2. The maximum atomic E-state index is 5.98. The van der Waals surface area contributed by atoms with Crippen molar-refractivity contribution in [1.29, 1.82) is 0 Å². The number of allylic oxidation sites excluding steroid dienone is 1. The van der Waals surface area contributed by atoms with Crippen LogP contribution in [0.2, 0.25) is 0 Å². The first-order chi connectivity index (χ1) is 16.1. The van der Waals surface area contributed by atoms with Gasteiger partial charge in [-0.3, -0.25) is 4.99 Å². The third-order valence-electron chi connectivity index (χ3n) is 6.37. The molecule has 0 aromatic heterocycles. The average Bonchev–Trinajstić information content (AvgIpc) is 2.79. The summed E-state index contributed by atoms with van der Waals surface area (Å²) in [6.45, 7) is 12.8. The Morgan fingerprint density at radius 2 is 1.09 bits per heavy atom. The molecule has 1 radical (unpaired) electrons. The minimum Gasteiger partial charge on any atom is -0.548 e. The molecule has 0 heterocycles. The van der Waals surface area contributed by atoms with Crippen molar-refractivity contribution in [2.75, 3.05) is 6.61 Å². The van der Waals surface area contributed by atoms with Gasteiger partial charge in [-0.1, -0.05) is 136 Å². The van der Waals surface area contributed by atoms with E-state index in [9.17, 15) is 0 Å². The Morgan fingerprint density at radius 1 is 0.706 bits per heavy atom. The zero-order valence-electron chi connectivity index (χ0n) is 23.4. The van der Waals surface area contributed by atoms with E-state index in [2.05, 4.69) is 36.6 Å². The predicted octanol–water partition coefficient (Wildman–Crippen LogP) is 10.3. The van der Waals surface area contributed by atoms with Crippen LogP contribution in [0.4, 0.5) is 0 Å². The smallest absolute Gasteiger partial charge is 0.151 e. The van der Waals surface area contributed by atoms with Gasteiger partial charge in [-0.05, 0) is 25.7 Å². The van der Waals surface area contributed by atoms with E-state index in [1.807, 2.05) is 6.92 Å². The number of unbranched alkanes of at least 4 members (excludes halogenated alkanes) is 16. The van der Waals surface area contributed by atoms with Gasteiger partial charge in [-0.25, -0.2) is 0 Å². The molecule has 1 atom stereocenters. The van der Waals surface area contributed by atoms with Crippen molar-refractivity contribution < 1.29 is 23.3 Å². The standard InChI is InChI=1S/C30H57N2O.V/c1-6-9-11-13-15-17-18-20-22-24-26-29(25-23-21-19-16-14-12-10-7-2)27-33-30(31-8-3)32-28(4)5;/h29H,4,6-7,9-27H2,1-3,5H3;/q-1;. The predicted molar refractivity (Wildman–Crippen MR) is 148 cm³/mol. The summed E-state index contributed by atoms with van der Waals surface area (Å²) in [4.78, 5) is 8.47. The van der Waals surface area contributed by atoms with Gasteiger partial charge in [0.25, 0.3) is 0 Å². The van der Waals surface area contributed by atoms with Crippen molar-refractivity contribution in [3.05, 3.63) is 12.3 Å². The van der Waals surface area contributed by atoms with Crippen LogP contribution in [-0.2, 0) is 23.3 Å². The first kappa shape index (κ1) is 35.6. The Hall–Kier alpha value is -0.536. The Morgan fingerprint density at radius 3 is 1.44 bits per heavy atom. The molecule has 0 amide bonds. The fraction of sp³-hybridized carbons (Fsp3) is 0.867. The maximum Gasteiger partial charge on any atom is 0.151 e. The molecule has 0 aromatic rings. The van der Waals surface area contributed by atoms with Crippen LogP contribution in [-0.4, -0.2) is 18.8 Å². The van der Waals surface area contributed by atoms with Gasteiger partial charge in [0.15, 0.2) is 6.02 Å². The zero-order chi connectivity index (χ0) is 24.4. The summed E-state index contributed by atoms with van der Waals surface area (Å²) in [5, 5.41) is 0. The van der Waals surface area contributed by atoms with Crippen molar-refractivity contribution in [3.8, 4) is 0 Å². The topological polar surface area (TPSA) is 34.0 Å². The van der Waals surface area contributed by atoms with E-state index < -0.39 is 0 Å². The second-order valence-corrected chi connectivity index (χ2v) is 9.88. The summed E-state index contributed by atoms with van der Waals surface area (Å²) < 4.78 is 5.98. The van der Waals surface area contributed by atoms with E-state index in [-0.39, 0.29) is 18.6 Å². The Labute approximate surface area is 226 Å². The summed E-state index contributed by atoms with van der Waals surface area (Å²) in [6, 6.07) is 0.411. The zero-order valence-corrected chi connectivity index (χ0v) is 24.8. The van der Waals surface area contributed by atoms with Crippen LogP contribution in [0.3, 0.4) is 0 Å². The molecule has 0 N–H and O–H groups in total. The minimum atomic E-state index is 0. The third-order valence-corrected chi connectivity index (χ3v) is 6.37. The molecule has 0 fully saturated rings. The molecular formula is C30H57N2OV-. The molecule has 0 rings (SSSR count). The SMILES string of the molecule is C=C(C)N=C(N=[C-]C)OCC(CCCCCCCCCC)CCCCCCCCCCCC.[V]. The summed E-state index contributed by atoms with van der Waals surface area (Å²) in [6.07, 6.45) is 30.2. The van der Waals surface area contributed by atoms with Crippen LogP contribution in [0.25, 0.3) is 0 Å². The molecule has 0 saturated heterocycles. The molecule has 34 heavy (non-hydrogen) atoms. The molecule has 0 aliphatic heterocycles. The van der Waals surface area contributed by atoms with Gasteiger partial charge in [-0.2, -0.15) is 6.21 Å². The van der Waals surface area contributed by atoms with E-state index in [1.165, 1.54) is 128 Å². The van der Waals surface area contributed by atoms with E-state index >= 15 is 0 Å². The second kappa shape index (κ2) is 28.7. The van der Waals surface area contributed by atoms with Gasteiger partial charge < -0.3 is 9.73 Å². The summed E-state index contributed by atoms with van der Waals surface area (Å²) >= 11 is 0. The normalized spacial score (nSPS) is 12.6. The van der Waals surface area contributed by atoms with E-state index in [0.717, 1.165) is 5.70 Å². The molecule has 3 nitrogen and oxygen atoms in total. The molecule has 0 saturated carbocycles. The van der Waals surface area contributed by atoms with E-state index in [4.69, 9.17) is 4.74 Å². The van der Waals surface area contributed by atoms with E-state index in [0.29, 0.717) is 18.5 Å². The van der Waals surface area contributed by atoms with Crippen LogP contribution < -0.4 is 0 Å². The number of ether oxygens (including phenoxy) is 1. The number of nitrogens with zero attached hydrogens (tertiary/aromatic N) is 2. The monoisotopic (exact) mass is 512 g/mol. The maximum absolute atomic E-state index is 5.98. The quantitative estimate of drug-likeness (QED) is 0.0580. The third kappa shape index (κ3) is 26.1. The van der Waals surface area contributed by atoms with Gasteiger partial charge in [0, 0.05) is 24.3 Å². The Bertz CT molecular complexity index is 490. The van der Waals surface area contributed by atoms with Gasteiger partial charge in [0.1, 0.15) is 0 Å². The fourth-order valence-electron chi connectivity index (χ4n) is 4.34. The summed E-state index contributed by atoms with van der Waals surface area (Å²) in [7, 11) is 0. The van der Waals surface area contributed by atoms with Gasteiger partial charge >= 0.3 is 0 Å². The second-order valence-electron chi connectivity index (χ2n) is 9.88. The van der Waals surface area contributed by atoms with Gasteiger partial charge in [0.05, 0.1) is 6.61 Å². The molecule has 4 heteroatoms. The van der Waals surface area contributed by atoms with Crippen molar-refractivity contribution in [3.63, 3.8) is 0 Å². The number of amidine groups is 1. The Balaban J connectivity index is 0. The van der Waals surface area contributed by atoms with Gasteiger partial charge in [0.2, 0.25) is 0 Å². The van der Waals surface area contributed by atoms with Crippen LogP contribution in [0.1, 0.15) is 156 Å². The molecule has 199 valence electrons. The number of hydrogen-bond acceptors (Lipinski definition) is 2. The van der Waals surface area contributed by atoms with Crippen LogP contribution in [0.15, 0.2) is 22.3 Å². The fourth-order valence-corrected chi connectivity index (χ4v) is 4.34. The molecule has 0 spiro atoms. The van der Waals surface area contributed by atoms with Crippen molar-refractivity contribution >= 4 is 12.2 Å². The van der Waals surface area contributed by atoms with Crippen LogP contribution in [0.5, 0.6) is 0 Å².